The van der Waals surface area contributed by atoms with Crippen molar-refractivity contribution in [2.45, 2.75) is 6.92 Å². The van der Waals surface area contributed by atoms with Crippen LogP contribution in [0.15, 0.2) is 30.5 Å². The Morgan fingerprint density at radius 3 is 2.92 bits per heavy atom. The minimum Gasteiger partial charge on any atom is -0.411 e. The summed E-state index contributed by atoms with van der Waals surface area (Å²) >= 11 is 0. The zero-order valence-electron chi connectivity index (χ0n) is 7.32. The third-order valence-corrected chi connectivity index (χ3v) is 1.98. The van der Waals surface area contributed by atoms with Crippen LogP contribution in [0.25, 0.3) is 10.9 Å². The predicted octanol–water partition coefficient (Wildman–Crippen LogP) is 1.80. The van der Waals surface area contributed by atoms with Crippen molar-refractivity contribution in [3.8, 4) is 5.75 Å². The van der Waals surface area contributed by atoms with Crippen LogP contribution in [0.5, 0.6) is 5.75 Å². The number of benzene rings is 1. The zero-order chi connectivity index (χ0) is 9.26. The summed E-state index contributed by atoms with van der Waals surface area (Å²) in [6, 6.07) is 7.72. The highest BCUT2D eigenvalue weighted by Crippen LogP contribution is 2.23. The number of rotatable bonds is 1. The molecule has 0 atom stereocenters. The molecule has 0 saturated carbocycles. The minimum absolute atomic E-state index is 0.661. The van der Waals surface area contributed by atoms with Crippen molar-refractivity contribution in [1.29, 1.82) is 0 Å². The van der Waals surface area contributed by atoms with Crippen molar-refractivity contribution in [2.24, 2.45) is 5.90 Å². The molecule has 1 aromatic heterocycles. The van der Waals surface area contributed by atoms with Gasteiger partial charge >= 0.3 is 0 Å². The van der Waals surface area contributed by atoms with Gasteiger partial charge in [0.2, 0.25) is 0 Å². The van der Waals surface area contributed by atoms with Crippen LogP contribution in [0.3, 0.4) is 0 Å². The Balaban J connectivity index is 2.79. The van der Waals surface area contributed by atoms with Crippen LogP contribution in [0.4, 0.5) is 0 Å². The molecule has 1 heterocycles. The Labute approximate surface area is 76.1 Å². The molecule has 0 bridgehead atoms. The number of fused-ring (bicyclic) bond motifs is 1. The molecule has 2 rings (SSSR count). The van der Waals surface area contributed by atoms with Crippen LogP contribution in [-0.4, -0.2) is 4.98 Å². The number of nitrogens with two attached hydrogens (primary N) is 1. The van der Waals surface area contributed by atoms with Gasteiger partial charge < -0.3 is 4.84 Å². The molecule has 0 fully saturated rings. The van der Waals surface area contributed by atoms with Crippen LogP contribution in [-0.2, 0) is 0 Å². The summed E-state index contributed by atoms with van der Waals surface area (Å²) in [6.07, 6.45) is 1.68. The molecule has 0 amide bonds. The lowest BCUT2D eigenvalue weighted by atomic mass is 10.1. The van der Waals surface area contributed by atoms with E-state index < -0.39 is 0 Å². The van der Waals surface area contributed by atoms with E-state index in [4.69, 9.17) is 10.7 Å². The van der Waals surface area contributed by atoms with E-state index in [0.29, 0.717) is 5.75 Å². The van der Waals surface area contributed by atoms with Gasteiger partial charge in [-0.1, -0.05) is 11.6 Å². The molecule has 2 aromatic rings. The first-order valence-electron chi connectivity index (χ1n) is 4.03. The first-order chi connectivity index (χ1) is 6.31. The number of aromatic nitrogens is 1. The van der Waals surface area contributed by atoms with Crippen molar-refractivity contribution in [1.82, 2.24) is 4.98 Å². The van der Waals surface area contributed by atoms with Gasteiger partial charge in [0.15, 0.2) is 5.75 Å². The predicted molar refractivity (Wildman–Crippen MR) is 51.3 cm³/mol. The van der Waals surface area contributed by atoms with Crippen molar-refractivity contribution >= 4 is 10.9 Å². The molecule has 0 aliphatic carbocycles. The second kappa shape index (κ2) is 3.03. The summed E-state index contributed by atoms with van der Waals surface area (Å²) in [5, 5.41) is 0.949. The maximum Gasteiger partial charge on any atom is 0.157 e. The smallest absolute Gasteiger partial charge is 0.157 e. The molecule has 66 valence electrons. The van der Waals surface area contributed by atoms with Crippen LogP contribution in [0.1, 0.15) is 5.56 Å². The molecular weight excluding hydrogens is 164 g/mol. The van der Waals surface area contributed by atoms with Gasteiger partial charge in [-0.3, -0.25) is 4.98 Å². The van der Waals surface area contributed by atoms with Crippen LogP contribution in [0, 0.1) is 6.92 Å². The quantitative estimate of drug-likeness (QED) is 0.670. The average molecular weight is 174 g/mol. The van der Waals surface area contributed by atoms with Crippen LogP contribution >= 0.6 is 0 Å². The van der Waals surface area contributed by atoms with Crippen LogP contribution < -0.4 is 10.7 Å². The SMILES string of the molecule is Cc1ccc2nccc(ON)c2c1. The summed E-state index contributed by atoms with van der Waals surface area (Å²) in [7, 11) is 0. The van der Waals surface area contributed by atoms with E-state index >= 15 is 0 Å². The highest BCUT2D eigenvalue weighted by molar-refractivity contribution is 5.85. The van der Waals surface area contributed by atoms with E-state index in [0.717, 1.165) is 10.9 Å². The fraction of sp³-hybridized carbons (Fsp3) is 0.100. The van der Waals surface area contributed by atoms with Gasteiger partial charge in [-0.25, -0.2) is 0 Å². The van der Waals surface area contributed by atoms with Gasteiger partial charge in [0.25, 0.3) is 0 Å². The van der Waals surface area contributed by atoms with E-state index in [1.807, 2.05) is 25.1 Å². The maximum absolute atomic E-state index is 5.14. The standard InChI is InChI=1S/C10H10N2O/c1-7-2-3-9-8(6-7)10(13-11)4-5-12-9/h2-6H,11H2,1H3. The normalized spacial score (nSPS) is 10.3. The number of hydrogen-bond acceptors (Lipinski definition) is 3. The summed E-state index contributed by atoms with van der Waals surface area (Å²) < 4.78 is 0. The van der Waals surface area contributed by atoms with Crippen molar-refractivity contribution < 1.29 is 4.84 Å². The molecule has 0 aliphatic heterocycles. The molecule has 13 heavy (non-hydrogen) atoms. The first-order valence-corrected chi connectivity index (χ1v) is 4.03. The molecular formula is C10H10N2O. The lowest BCUT2D eigenvalue weighted by Gasteiger charge is -2.03. The zero-order valence-corrected chi connectivity index (χ0v) is 7.32. The highest BCUT2D eigenvalue weighted by atomic mass is 16.6. The lowest BCUT2D eigenvalue weighted by molar-refractivity contribution is 0.338. The molecule has 1 aromatic carbocycles. The molecule has 0 unspecified atom stereocenters. The van der Waals surface area contributed by atoms with E-state index in [9.17, 15) is 0 Å². The van der Waals surface area contributed by atoms with Crippen molar-refractivity contribution in [2.75, 3.05) is 0 Å². The molecule has 0 radical (unpaired) electrons. The van der Waals surface area contributed by atoms with Crippen LogP contribution in [0.2, 0.25) is 0 Å². The Morgan fingerprint density at radius 2 is 2.15 bits per heavy atom. The van der Waals surface area contributed by atoms with E-state index in [2.05, 4.69) is 4.98 Å². The topological polar surface area (TPSA) is 48.1 Å². The summed E-state index contributed by atoms with van der Waals surface area (Å²) in [6.45, 7) is 2.02. The molecule has 0 saturated heterocycles. The summed E-state index contributed by atoms with van der Waals surface area (Å²) in [5.41, 5.74) is 2.06. The van der Waals surface area contributed by atoms with E-state index in [1.165, 1.54) is 5.56 Å². The van der Waals surface area contributed by atoms with Gasteiger partial charge in [-0.2, -0.15) is 5.90 Å². The third kappa shape index (κ3) is 1.34. The number of pyridine rings is 1. The first kappa shape index (κ1) is 8.01. The molecule has 3 heteroatoms. The van der Waals surface area contributed by atoms with Gasteiger partial charge in [-0.05, 0) is 19.1 Å². The fourth-order valence-corrected chi connectivity index (χ4v) is 1.34. The highest BCUT2D eigenvalue weighted by Gasteiger charge is 2.01. The maximum atomic E-state index is 5.14. The summed E-state index contributed by atoms with van der Waals surface area (Å²) in [5.74, 6) is 5.80. The minimum atomic E-state index is 0.661. The average Bonchev–Trinajstić information content (AvgIpc) is 2.17. The van der Waals surface area contributed by atoms with E-state index in [-0.39, 0.29) is 0 Å². The molecule has 3 nitrogen and oxygen atoms in total. The second-order valence-corrected chi connectivity index (χ2v) is 2.95. The monoisotopic (exact) mass is 174 g/mol. The second-order valence-electron chi connectivity index (χ2n) is 2.95. The largest absolute Gasteiger partial charge is 0.411 e. The Hall–Kier alpha value is -1.61. The Kier molecular flexibility index (Phi) is 1.87. The number of aryl methyl sites for hydroxylation is 1. The number of nitrogens with zero attached hydrogens (tertiary/aromatic N) is 1. The van der Waals surface area contributed by atoms with E-state index in [1.54, 1.807) is 12.3 Å². The Morgan fingerprint density at radius 1 is 1.31 bits per heavy atom. The summed E-state index contributed by atoms with van der Waals surface area (Å²) in [4.78, 5) is 8.94. The Bertz CT molecular complexity index is 440. The third-order valence-electron chi connectivity index (χ3n) is 1.98. The van der Waals surface area contributed by atoms with Gasteiger partial charge in [0, 0.05) is 17.6 Å². The molecule has 2 N–H and O–H groups in total. The van der Waals surface area contributed by atoms with Crippen molar-refractivity contribution in [3.05, 3.63) is 36.0 Å². The number of hydrogen-bond donors (Lipinski definition) is 1. The lowest BCUT2D eigenvalue weighted by Crippen LogP contribution is -2.02. The van der Waals surface area contributed by atoms with Gasteiger partial charge in [0.05, 0.1) is 5.52 Å². The molecule has 0 aliphatic rings. The molecule has 0 spiro atoms. The van der Waals surface area contributed by atoms with Gasteiger partial charge in [0.1, 0.15) is 0 Å². The van der Waals surface area contributed by atoms with Gasteiger partial charge in [-0.15, -0.1) is 0 Å². The fourth-order valence-electron chi connectivity index (χ4n) is 1.34. The van der Waals surface area contributed by atoms with Crippen molar-refractivity contribution in [3.63, 3.8) is 0 Å².